The number of amides is 1. The Morgan fingerprint density at radius 1 is 1.10 bits per heavy atom. The Hall–Kier alpha value is -2.30. The molecule has 0 spiro atoms. The van der Waals surface area contributed by atoms with E-state index in [9.17, 15) is 26.4 Å². The van der Waals surface area contributed by atoms with E-state index in [0.29, 0.717) is 16.3 Å². The van der Waals surface area contributed by atoms with E-state index in [1.807, 2.05) is 0 Å². The van der Waals surface area contributed by atoms with Crippen molar-refractivity contribution in [2.45, 2.75) is 24.4 Å². The van der Waals surface area contributed by atoms with Gasteiger partial charge in [0.25, 0.3) is 10.0 Å². The molecule has 0 unspecified atom stereocenters. The van der Waals surface area contributed by atoms with Gasteiger partial charge >= 0.3 is 6.18 Å². The normalized spacial score (nSPS) is 11.9. The number of alkyl halides is 3. The molecule has 0 atom stereocenters. The van der Waals surface area contributed by atoms with Crippen LogP contribution >= 0.6 is 11.6 Å². The standard InChI is InChI=1S/C18H18ClF3N2O4S/c1-12-2-5-15(23-17(25)8-9-28-11-18(20,21)22)10-16(12)29(26,27)24-14-6-3-13(19)4-7-14/h2-7,10,24H,8-9,11H2,1H3,(H,23,25). The van der Waals surface area contributed by atoms with Gasteiger partial charge in [-0.1, -0.05) is 17.7 Å². The van der Waals surface area contributed by atoms with E-state index in [4.69, 9.17) is 11.6 Å². The van der Waals surface area contributed by atoms with Crippen molar-refractivity contribution >= 4 is 38.9 Å². The number of nitrogens with one attached hydrogen (secondary N) is 2. The van der Waals surface area contributed by atoms with Crippen molar-refractivity contribution in [2.75, 3.05) is 23.3 Å². The first-order valence-electron chi connectivity index (χ1n) is 8.30. The molecular weight excluding hydrogens is 433 g/mol. The van der Waals surface area contributed by atoms with Gasteiger partial charge in [0, 0.05) is 16.4 Å². The van der Waals surface area contributed by atoms with Gasteiger partial charge in [-0.15, -0.1) is 0 Å². The second-order valence-electron chi connectivity index (χ2n) is 6.06. The zero-order valence-electron chi connectivity index (χ0n) is 15.2. The molecule has 1 amide bonds. The highest BCUT2D eigenvalue weighted by Gasteiger charge is 2.27. The highest BCUT2D eigenvalue weighted by atomic mass is 35.5. The molecule has 29 heavy (non-hydrogen) atoms. The third-order valence-corrected chi connectivity index (χ3v) is 5.37. The molecule has 0 fully saturated rings. The van der Waals surface area contributed by atoms with Gasteiger partial charge in [-0.2, -0.15) is 13.2 Å². The molecule has 0 bridgehead atoms. The summed E-state index contributed by atoms with van der Waals surface area (Å²) in [4.78, 5) is 11.8. The third-order valence-electron chi connectivity index (χ3n) is 3.60. The molecule has 11 heteroatoms. The summed E-state index contributed by atoms with van der Waals surface area (Å²) in [6.45, 7) is -0.267. The second-order valence-corrected chi connectivity index (χ2v) is 8.15. The minimum Gasteiger partial charge on any atom is -0.372 e. The minimum atomic E-state index is -4.46. The van der Waals surface area contributed by atoms with Crippen LogP contribution in [0, 0.1) is 6.92 Å². The maximum atomic E-state index is 12.7. The number of halogens is 4. The van der Waals surface area contributed by atoms with E-state index in [0.717, 1.165) is 0 Å². The lowest BCUT2D eigenvalue weighted by molar-refractivity contribution is -0.174. The number of ether oxygens (including phenoxy) is 1. The molecule has 0 aliphatic rings. The summed E-state index contributed by atoms with van der Waals surface area (Å²) < 4.78 is 68.1. The maximum Gasteiger partial charge on any atom is 0.411 e. The van der Waals surface area contributed by atoms with Gasteiger partial charge in [0.2, 0.25) is 5.91 Å². The van der Waals surface area contributed by atoms with Crippen molar-refractivity contribution in [3.63, 3.8) is 0 Å². The van der Waals surface area contributed by atoms with E-state index in [1.54, 1.807) is 6.92 Å². The lowest BCUT2D eigenvalue weighted by Gasteiger charge is -2.13. The Morgan fingerprint density at radius 2 is 1.72 bits per heavy atom. The summed E-state index contributed by atoms with van der Waals surface area (Å²) in [5.41, 5.74) is 0.941. The molecule has 2 N–H and O–H groups in total. The summed E-state index contributed by atoms with van der Waals surface area (Å²) in [5.74, 6) is -0.606. The number of aryl methyl sites for hydroxylation is 1. The number of benzene rings is 2. The zero-order chi connectivity index (χ0) is 21.7. The van der Waals surface area contributed by atoms with Crippen LogP contribution in [0.4, 0.5) is 24.5 Å². The molecule has 0 saturated carbocycles. The summed E-state index contributed by atoms with van der Waals surface area (Å²) in [6, 6.07) is 10.3. The molecule has 6 nitrogen and oxygen atoms in total. The average Bonchev–Trinajstić information content (AvgIpc) is 2.61. The molecule has 0 aromatic heterocycles. The molecule has 0 heterocycles. The quantitative estimate of drug-likeness (QED) is 0.585. The number of anilines is 2. The molecule has 0 aliphatic heterocycles. The largest absolute Gasteiger partial charge is 0.411 e. The van der Waals surface area contributed by atoms with Crippen molar-refractivity contribution in [3.05, 3.63) is 53.1 Å². The number of carbonyl (C=O) groups is 1. The first-order chi connectivity index (χ1) is 13.5. The Kier molecular flexibility index (Phi) is 7.50. The fourth-order valence-corrected chi connectivity index (χ4v) is 3.73. The highest BCUT2D eigenvalue weighted by molar-refractivity contribution is 7.92. The van der Waals surface area contributed by atoms with Crippen molar-refractivity contribution in [1.82, 2.24) is 0 Å². The van der Waals surface area contributed by atoms with E-state index >= 15 is 0 Å². The van der Waals surface area contributed by atoms with Crippen LogP contribution in [-0.2, 0) is 19.6 Å². The van der Waals surface area contributed by atoms with Gasteiger partial charge < -0.3 is 10.1 Å². The predicted octanol–water partition coefficient (Wildman–Crippen LogP) is 4.36. The maximum absolute atomic E-state index is 12.7. The molecule has 2 aromatic rings. The van der Waals surface area contributed by atoms with Gasteiger partial charge in [-0.3, -0.25) is 9.52 Å². The van der Waals surface area contributed by atoms with Gasteiger partial charge in [-0.05, 0) is 48.9 Å². The SMILES string of the molecule is Cc1ccc(NC(=O)CCOCC(F)(F)F)cc1S(=O)(=O)Nc1ccc(Cl)cc1. The van der Waals surface area contributed by atoms with Crippen molar-refractivity contribution in [1.29, 1.82) is 0 Å². The van der Waals surface area contributed by atoms with Gasteiger partial charge in [0.1, 0.15) is 6.61 Å². The summed E-state index contributed by atoms with van der Waals surface area (Å²) in [5, 5.41) is 2.89. The average molecular weight is 451 g/mol. The fourth-order valence-electron chi connectivity index (χ4n) is 2.27. The Morgan fingerprint density at radius 3 is 2.34 bits per heavy atom. The summed E-state index contributed by atoms with van der Waals surface area (Å²) in [7, 11) is -3.95. The van der Waals surface area contributed by atoms with Gasteiger partial charge in [0.05, 0.1) is 17.9 Å². The summed E-state index contributed by atoms with van der Waals surface area (Å²) in [6.07, 6.45) is -4.77. The number of rotatable bonds is 8. The first kappa shape index (κ1) is 23.0. The van der Waals surface area contributed by atoms with E-state index in [-0.39, 0.29) is 17.0 Å². The topological polar surface area (TPSA) is 84.5 Å². The molecule has 2 rings (SSSR count). The smallest absolute Gasteiger partial charge is 0.372 e. The van der Waals surface area contributed by atoms with Crippen molar-refractivity contribution < 1.29 is 31.1 Å². The van der Waals surface area contributed by atoms with Gasteiger partial charge in [0.15, 0.2) is 0 Å². The highest BCUT2D eigenvalue weighted by Crippen LogP contribution is 2.24. The predicted molar refractivity (Wildman–Crippen MR) is 104 cm³/mol. The monoisotopic (exact) mass is 450 g/mol. The Bertz CT molecular complexity index is 964. The molecule has 0 saturated heterocycles. The number of carbonyl (C=O) groups excluding carboxylic acids is 1. The van der Waals surface area contributed by atoms with Crippen LogP contribution in [0.15, 0.2) is 47.4 Å². The Labute approximate surface area is 171 Å². The van der Waals surface area contributed by atoms with Crippen LogP contribution in [0.25, 0.3) is 0 Å². The molecule has 0 aliphatic carbocycles. The summed E-state index contributed by atoms with van der Waals surface area (Å²) >= 11 is 5.78. The zero-order valence-corrected chi connectivity index (χ0v) is 16.8. The lowest BCUT2D eigenvalue weighted by atomic mass is 10.2. The van der Waals surface area contributed by atoms with Crippen LogP contribution < -0.4 is 10.0 Å². The molecular formula is C18H18ClF3N2O4S. The van der Waals surface area contributed by atoms with Crippen LogP contribution in [0.1, 0.15) is 12.0 Å². The van der Waals surface area contributed by atoms with Crippen LogP contribution in [-0.4, -0.2) is 33.7 Å². The lowest BCUT2D eigenvalue weighted by Crippen LogP contribution is -2.20. The molecule has 158 valence electrons. The van der Waals surface area contributed by atoms with E-state index in [2.05, 4.69) is 14.8 Å². The van der Waals surface area contributed by atoms with Crippen molar-refractivity contribution in [2.24, 2.45) is 0 Å². The molecule has 2 aromatic carbocycles. The van der Waals surface area contributed by atoms with Crippen LogP contribution in [0.3, 0.4) is 0 Å². The molecule has 0 radical (unpaired) electrons. The van der Waals surface area contributed by atoms with Gasteiger partial charge in [-0.25, -0.2) is 8.42 Å². The number of hydrogen-bond donors (Lipinski definition) is 2. The van der Waals surface area contributed by atoms with Crippen molar-refractivity contribution in [3.8, 4) is 0 Å². The van der Waals surface area contributed by atoms with Crippen LogP contribution in [0.5, 0.6) is 0 Å². The van der Waals surface area contributed by atoms with E-state index < -0.39 is 35.3 Å². The Balaban J connectivity index is 2.04. The number of hydrogen-bond acceptors (Lipinski definition) is 4. The van der Waals surface area contributed by atoms with Crippen LogP contribution in [0.2, 0.25) is 5.02 Å². The van der Waals surface area contributed by atoms with E-state index in [1.165, 1.54) is 42.5 Å². The third kappa shape index (κ3) is 7.56. The minimum absolute atomic E-state index is 0.0569. The number of sulfonamides is 1. The first-order valence-corrected chi connectivity index (χ1v) is 10.2. The second kappa shape index (κ2) is 9.47. The fraction of sp³-hybridized carbons (Fsp3) is 0.278.